The van der Waals surface area contributed by atoms with Crippen LogP contribution in [0.15, 0.2) is 18.2 Å². The van der Waals surface area contributed by atoms with E-state index in [-0.39, 0.29) is 10.8 Å². The van der Waals surface area contributed by atoms with Crippen molar-refractivity contribution in [1.82, 2.24) is 0 Å². The van der Waals surface area contributed by atoms with Crippen LogP contribution < -0.4 is 0 Å². The highest BCUT2D eigenvalue weighted by Gasteiger charge is 2.01. The van der Waals surface area contributed by atoms with E-state index >= 15 is 0 Å². The zero-order valence-electron chi connectivity index (χ0n) is 8.06. The van der Waals surface area contributed by atoms with Crippen LogP contribution in [0.1, 0.15) is 25.3 Å². The normalized spacial score (nSPS) is 12.9. The molecule has 0 nitrogen and oxygen atoms in total. The summed E-state index contributed by atoms with van der Waals surface area (Å²) in [6, 6.07) is 4.92. The van der Waals surface area contributed by atoms with Crippen LogP contribution in [-0.4, -0.2) is 4.83 Å². The van der Waals surface area contributed by atoms with Crippen molar-refractivity contribution in [2.24, 2.45) is 0 Å². The molecule has 1 rings (SSSR count). The van der Waals surface area contributed by atoms with Gasteiger partial charge >= 0.3 is 0 Å². The van der Waals surface area contributed by atoms with Gasteiger partial charge in [-0.25, -0.2) is 4.39 Å². The number of aryl methyl sites for hydroxylation is 1. The Balaban J connectivity index is 2.47. The Kier molecular flexibility index (Phi) is 4.90. The Bertz CT molecular complexity index is 299. The number of halogens is 3. The van der Waals surface area contributed by atoms with E-state index in [0.29, 0.717) is 4.83 Å². The minimum absolute atomic E-state index is 0.217. The molecule has 0 heterocycles. The topological polar surface area (TPSA) is 0 Å². The summed E-state index contributed by atoms with van der Waals surface area (Å²) in [4.78, 5) is 0.540. The van der Waals surface area contributed by atoms with Crippen LogP contribution in [0.4, 0.5) is 4.39 Å². The minimum atomic E-state index is -0.343. The molecule has 0 N–H and O–H groups in total. The molecule has 0 spiro atoms. The zero-order valence-corrected chi connectivity index (χ0v) is 10.4. The van der Waals surface area contributed by atoms with Gasteiger partial charge in [-0.05, 0) is 37.0 Å². The molecule has 0 saturated heterocycles. The van der Waals surface area contributed by atoms with Crippen LogP contribution in [0.3, 0.4) is 0 Å². The van der Waals surface area contributed by atoms with Gasteiger partial charge in [-0.1, -0.05) is 40.5 Å². The molecule has 0 aliphatic heterocycles. The summed E-state index contributed by atoms with van der Waals surface area (Å²) in [5.41, 5.74) is 1.10. The predicted octanol–water partition coefficient (Wildman–Crippen LogP) is 4.59. The SMILES string of the molecule is CC(Br)CCCc1ccc(F)c(Cl)c1. The molecule has 1 aromatic rings. The Morgan fingerprint density at radius 3 is 2.79 bits per heavy atom. The summed E-state index contributed by atoms with van der Waals surface area (Å²) in [5.74, 6) is -0.343. The van der Waals surface area contributed by atoms with Crippen LogP contribution in [0.25, 0.3) is 0 Å². The lowest BCUT2D eigenvalue weighted by molar-refractivity contribution is 0.626. The number of hydrogen-bond acceptors (Lipinski definition) is 0. The van der Waals surface area contributed by atoms with Crippen LogP contribution in [0, 0.1) is 5.82 Å². The average Bonchev–Trinajstić information content (AvgIpc) is 2.10. The van der Waals surface area contributed by atoms with Gasteiger partial charge in [0.1, 0.15) is 5.82 Å². The fourth-order valence-electron chi connectivity index (χ4n) is 1.28. The molecule has 0 aliphatic carbocycles. The largest absolute Gasteiger partial charge is 0.205 e. The standard InChI is InChI=1S/C11H13BrClF/c1-8(12)3-2-4-9-5-6-11(14)10(13)7-9/h5-8H,2-4H2,1H3. The molecule has 0 bridgehead atoms. The summed E-state index contributed by atoms with van der Waals surface area (Å²) in [6.07, 6.45) is 3.17. The van der Waals surface area contributed by atoms with Gasteiger partial charge < -0.3 is 0 Å². The molecule has 3 heteroatoms. The van der Waals surface area contributed by atoms with Gasteiger partial charge in [0, 0.05) is 4.83 Å². The smallest absolute Gasteiger partial charge is 0.141 e. The van der Waals surface area contributed by atoms with Gasteiger partial charge in [-0.15, -0.1) is 0 Å². The van der Waals surface area contributed by atoms with Crippen molar-refractivity contribution in [3.63, 3.8) is 0 Å². The van der Waals surface area contributed by atoms with Gasteiger partial charge in [0.15, 0.2) is 0 Å². The fraction of sp³-hybridized carbons (Fsp3) is 0.455. The molecular formula is C11H13BrClF. The number of hydrogen-bond donors (Lipinski definition) is 0. The van der Waals surface area contributed by atoms with Gasteiger partial charge in [0.2, 0.25) is 0 Å². The van der Waals surface area contributed by atoms with Crippen molar-refractivity contribution in [3.05, 3.63) is 34.6 Å². The van der Waals surface area contributed by atoms with Crippen molar-refractivity contribution >= 4 is 27.5 Å². The van der Waals surface area contributed by atoms with Gasteiger partial charge in [-0.3, -0.25) is 0 Å². The summed E-state index contributed by atoms with van der Waals surface area (Å²) in [6.45, 7) is 2.12. The highest BCUT2D eigenvalue weighted by molar-refractivity contribution is 9.09. The maximum Gasteiger partial charge on any atom is 0.141 e. The third kappa shape index (κ3) is 3.97. The van der Waals surface area contributed by atoms with E-state index in [9.17, 15) is 4.39 Å². The molecule has 0 amide bonds. The van der Waals surface area contributed by atoms with E-state index < -0.39 is 0 Å². The first-order valence-corrected chi connectivity index (χ1v) is 5.97. The highest BCUT2D eigenvalue weighted by atomic mass is 79.9. The average molecular weight is 280 g/mol. The Hall–Kier alpha value is -0.0800. The molecule has 14 heavy (non-hydrogen) atoms. The molecule has 0 saturated carbocycles. The minimum Gasteiger partial charge on any atom is -0.205 e. The van der Waals surface area contributed by atoms with E-state index in [1.165, 1.54) is 6.07 Å². The van der Waals surface area contributed by atoms with E-state index in [2.05, 4.69) is 22.9 Å². The second-order valence-corrected chi connectivity index (χ2v) is 5.39. The Morgan fingerprint density at radius 1 is 1.50 bits per heavy atom. The van der Waals surface area contributed by atoms with Gasteiger partial charge in [0.25, 0.3) is 0 Å². The first-order chi connectivity index (χ1) is 6.59. The number of rotatable bonds is 4. The number of benzene rings is 1. The van der Waals surface area contributed by atoms with Crippen LogP contribution in [0.5, 0.6) is 0 Å². The van der Waals surface area contributed by atoms with E-state index in [1.54, 1.807) is 12.1 Å². The van der Waals surface area contributed by atoms with Crippen LogP contribution in [0.2, 0.25) is 5.02 Å². The van der Waals surface area contributed by atoms with Gasteiger partial charge in [-0.2, -0.15) is 0 Å². The quantitative estimate of drug-likeness (QED) is 0.707. The molecule has 0 aliphatic rings. The summed E-state index contributed by atoms with van der Waals surface area (Å²) >= 11 is 9.16. The number of alkyl halides is 1. The van der Waals surface area contributed by atoms with Crippen molar-refractivity contribution in [3.8, 4) is 0 Å². The lowest BCUT2D eigenvalue weighted by Crippen LogP contribution is -1.93. The maximum absolute atomic E-state index is 12.8. The Morgan fingerprint density at radius 2 is 2.21 bits per heavy atom. The second-order valence-electron chi connectivity index (χ2n) is 3.42. The molecular weight excluding hydrogens is 266 g/mol. The first-order valence-electron chi connectivity index (χ1n) is 4.67. The summed E-state index contributed by atoms with van der Waals surface area (Å²) < 4.78 is 12.8. The lowest BCUT2D eigenvalue weighted by atomic mass is 10.1. The monoisotopic (exact) mass is 278 g/mol. The first kappa shape index (κ1) is 12.0. The second kappa shape index (κ2) is 5.72. The molecule has 1 unspecified atom stereocenters. The molecule has 1 atom stereocenters. The fourth-order valence-corrected chi connectivity index (χ4v) is 1.81. The third-order valence-corrected chi connectivity index (χ3v) is 2.80. The molecule has 0 aromatic heterocycles. The highest BCUT2D eigenvalue weighted by Crippen LogP contribution is 2.18. The molecule has 0 radical (unpaired) electrons. The summed E-state index contributed by atoms with van der Waals surface area (Å²) in [5, 5.41) is 0.217. The van der Waals surface area contributed by atoms with E-state index in [4.69, 9.17) is 11.6 Å². The lowest BCUT2D eigenvalue weighted by Gasteiger charge is -2.04. The predicted molar refractivity (Wildman–Crippen MR) is 62.7 cm³/mol. The zero-order chi connectivity index (χ0) is 10.6. The maximum atomic E-state index is 12.8. The Labute approximate surface area is 97.6 Å². The van der Waals surface area contributed by atoms with Crippen LogP contribution in [-0.2, 0) is 6.42 Å². The van der Waals surface area contributed by atoms with E-state index in [0.717, 1.165) is 24.8 Å². The third-order valence-electron chi connectivity index (χ3n) is 2.05. The van der Waals surface area contributed by atoms with Crippen molar-refractivity contribution < 1.29 is 4.39 Å². The molecule has 78 valence electrons. The van der Waals surface area contributed by atoms with E-state index in [1.807, 2.05) is 0 Å². The van der Waals surface area contributed by atoms with Crippen molar-refractivity contribution in [2.75, 3.05) is 0 Å². The van der Waals surface area contributed by atoms with Crippen LogP contribution >= 0.6 is 27.5 Å². The summed E-state index contributed by atoms with van der Waals surface area (Å²) in [7, 11) is 0. The van der Waals surface area contributed by atoms with Crippen molar-refractivity contribution in [2.45, 2.75) is 31.0 Å². The molecule has 0 fully saturated rings. The van der Waals surface area contributed by atoms with Gasteiger partial charge in [0.05, 0.1) is 5.02 Å². The molecule has 1 aromatic carbocycles. The van der Waals surface area contributed by atoms with Crippen molar-refractivity contribution in [1.29, 1.82) is 0 Å².